The van der Waals surface area contributed by atoms with E-state index in [9.17, 15) is 14.4 Å². The normalized spacial score (nSPS) is 29.8. The van der Waals surface area contributed by atoms with Gasteiger partial charge in [0.1, 0.15) is 6.10 Å². The molecule has 3 rings (SSSR count). The molecule has 9 nitrogen and oxygen atoms in total. The van der Waals surface area contributed by atoms with Gasteiger partial charge in [-0.3, -0.25) is 14.5 Å². The molecular weight excluding hydrogens is 338 g/mol. The summed E-state index contributed by atoms with van der Waals surface area (Å²) >= 11 is 0. The van der Waals surface area contributed by atoms with Gasteiger partial charge in [0.2, 0.25) is 11.8 Å². The lowest BCUT2D eigenvalue weighted by atomic mass is 10.1. The first-order chi connectivity index (χ1) is 12.5. The first-order valence-electron chi connectivity index (χ1n) is 9.42. The highest BCUT2D eigenvalue weighted by atomic mass is 16.5. The van der Waals surface area contributed by atoms with E-state index in [-0.39, 0.29) is 24.1 Å². The molecule has 3 heterocycles. The van der Waals surface area contributed by atoms with Crippen LogP contribution in [-0.2, 0) is 14.3 Å². The van der Waals surface area contributed by atoms with Gasteiger partial charge in [-0.25, -0.2) is 4.79 Å². The summed E-state index contributed by atoms with van der Waals surface area (Å²) in [6, 6.07) is -0.158. The highest BCUT2D eigenvalue weighted by molar-refractivity contribution is 5.82. The van der Waals surface area contributed by atoms with Crippen molar-refractivity contribution in [2.45, 2.75) is 43.9 Å². The Hall–Kier alpha value is -1.87. The highest BCUT2D eigenvalue weighted by Gasteiger charge is 2.34. The summed E-state index contributed by atoms with van der Waals surface area (Å²) < 4.78 is 5.51. The van der Waals surface area contributed by atoms with Crippen LogP contribution in [0.5, 0.6) is 0 Å². The van der Waals surface area contributed by atoms with Crippen LogP contribution in [0, 0.1) is 0 Å². The minimum atomic E-state index is -0.542. The molecule has 0 radical (unpaired) electrons. The summed E-state index contributed by atoms with van der Waals surface area (Å²) in [5.74, 6) is -0.269. The summed E-state index contributed by atoms with van der Waals surface area (Å²) in [4.78, 5) is 41.7. The first kappa shape index (κ1) is 18.9. The smallest absolute Gasteiger partial charge is 0.317 e. The molecule has 3 atom stereocenters. The van der Waals surface area contributed by atoms with E-state index in [1.54, 1.807) is 4.90 Å². The molecule has 0 aromatic rings. The number of nitrogens with two attached hydrogens (primary N) is 1. The number of ether oxygens (including phenoxy) is 1. The second-order valence-corrected chi connectivity index (χ2v) is 7.36. The molecule has 0 saturated carbocycles. The molecule has 0 bridgehead atoms. The minimum absolute atomic E-state index is 0.00640. The number of nitrogens with one attached hydrogen (secondary N) is 1. The molecular formula is C17H29N5O4. The summed E-state index contributed by atoms with van der Waals surface area (Å²) in [5.41, 5.74) is 5.23. The molecule has 0 aliphatic carbocycles. The van der Waals surface area contributed by atoms with Crippen molar-refractivity contribution in [1.82, 2.24) is 20.0 Å². The molecule has 3 unspecified atom stereocenters. The van der Waals surface area contributed by atoms with E-state index in [1.165, 1.54) is 0 Å². The quantitative estimate of drug-likeness (QED) is 0.660. The number of hydrogen-bond donors (Lipinski definition) is 2. The standard InChI is InChI=1S/C17H29N5O4/c1-20-6-2-3-13(20)16(24)21-7-9-22(10-8-21)17(25)19-11-12-4-5-14(26-12)15(18)23/h12-14H,2-11H2,1H3,(H2,18,23)(H,19,25). The predicted octanol–water partition coefficient (Wildman–Crippen LogP) is -1.03. The van der Waals surface area contributed by atoms with E-state index < -0.39 is 12.0 Å². The monoisotopic (exact) mass is 367 g/mol. The lowest BCUT2D eigenvalue weighted by Gasteiger charge is -2.37. The Balaban J connectivity index is 1.38. The van der Waals surface area contributed by atoms with E-state index in [4.69, 9.17) is 10.5 Å². The van der Waals surface area contributed by atoms with E-state index in [2.05, 4.69) is 10.2 Å². The Morgan fingerprint density at radius 3 is 2.31 bits per heavy atom. The fraction of sp³-hybridized carbons (Fsp3) is 0.824. The van der Waals surface area contributed by atoms with Crippen molar-refractivity contribution in [2.24, 2.45) is 5.73 Å². The molecule has 3 fully saturated rings. The number of likely N-dealkylation sites (N-methyl/N-ethyl adjacent to an activating group) is 1. The van der Waals surface area contributed by atoms with Crippen molar-refractivity contribution >= 4 is 17.8 Å². The van der Waals surface area contributed by atoms with Gasteiger partial charge < -0.3 is 25.6 Å². The Morgan fingerprint density at radius 2 is 1.73 bits per heavy atom. The summed E-state index contributed by atoms with van der Waals surface area (Å²) in [5, 5.41) is 2.86. The number of hydrogen-bond acceptors (Lipinski definition) is 5. The molecule has 3 aliphatic heterocycles. The van der Waals surface area contributed by atoms with Crippen LogP contribution in [0.25, 0.3) is 0 Å². The van der Waals surface area contributed by atoms with E-state index in [0.717, 1.165) is 19.4 Å². The zero-order chi connectivity index (χ0) is 18.7. The Morgan fingerprint density at radius 1 is 1.04 bits per heavy atom. The first-order valence-corrected chi connectivity index (χ1v) is 9.42. The Labute approximate surface area is 153 Å². The van der Waals surface area contributed by atoms with Gasteiger partial charge in [0.05, 0.1) is 12.1 Å². The fourth-order valence-electron chi connectivity index (χ4n) is 3.94. The van der Waals surface area contributed by atoms with Crippen LogP contribution in [-0.4, -0.2) is 97.1 Å². The average Bonchev–Trinajstić information content (AvgIpc) is 3.28. The SMILES string of the molecule is CN1CCCC1C(=O)N1CCN(C(=O)NCC2CCC(C(N)=O)O2)CC1. The second kappa shape index (κ2) is 8.22. The topological polar surface area (TPSA) is 108 Å². The molecule has 26 heavy (non-hydrogen) atoms. The maximum absolute atomic E-state index is 12.6. The van der Waals surface area contributed by atoms with Crippen LogP contribution in [0.2, 0.25) is 0 Å². The number of carbonyl (C=O) groups excluding carboxylic acids is 3. The third-order valence-electron chi connectivity index (χ3n) is 5.59. The van der Waals surface area contributed by atoms with Crippen molar-refractivity contribution in [3.63, 3.8) is 0 Å². The minimum Gasteiger partial charge on any atom is -0.367 e. The van der Waals surface area contributed by atoms with Gasteiger partial charge in [0.15, 0.2) is 0 Å². The predicted molar refractivity (Wildman–Crippen MR) is 94.3 cm³/mol. The molecule has 0 aromatic carbocycles. The van der Waals surface area contributed by atoms with Gasteiger partial charge in [-0.05, 0) is 39.3 Å². The maximum Gasteiger partial charge on any atom is 0.317 e. The van der Waals surface area contributed by atoms with Gasteiger partial charge in [0, 0.05) is 32.7 Å². The third-order valence-corrected chi connectivity index (χ3v) is 5.59. The molecule has 3 N–H and O–H groups in total. The molecule has 3 saturated heterocycles. The van der Waals surface area contributed by atoms with Crippen LogP contribution < -0.4 is 11.1 Å². The lowest BCUT2D eigenvalue weighted by molar-refractivity contribution is -0.137. The largest absolute Gasteiger partial charge is 0.367 e. The molecule has 0 aromatic heterocycles. The number of urea groups is 1. The van der Waals surface area contributed by atoms with Crippen LogP contribution in [0.3, 0.4) is 0 Å². The zero-order valence-corrected chi connectivity index (χ0v) is 15.4. The summed E-state index contributed by atoms with van der Waals surface area (Å²) in [7, 11) is 1.99. The number of piperazine rings is 1. The second-order valence-electron chi connectivity index (χ2n) is 7.36. The molecule has 3 aliphatic rings. The van der Waals surface area contributed by atoms with E-state index in [0.29, 0.717) is 45.6 Å². The van der Waals surface area contributed by atoms with Crippen LogP contribution in [0.15, 0.2) is 0 Å². The fourth-order valence-corrected chi connectivity index (χ4v) is 3.94. The van der Waals surface area contributed by atoms with Crippen molar-refractivity contribution in [3.8, 4) is 0 Å². The van der Waals surface area contributed by atoms with E-state index >= 15 is 0 Å². The van der Waals surface area contributed by atoms with Crippen LogP contribution >= 0.6 is 0 Å². The average molecular weight is 367 g/mol. The van der Waals surface area contributed by atoms with Crippen molar-refractivity contribution < 1.29 is 19.1 Å². The number of amides is 4. The van der Waals surface area contributed by atoms with Crippen molar-refractivity contribution in [1.29, 1.82) is 0 Å². The number of nitrogens with zero attached hydrogens (tertiary/aromatic N) is 3. The third kappa shape index (κ3) is 4.27. The Bertz CT molecular complexity index is 549. The Kier molecular flexibility index (Phi) is 5.98. The zero-order valence-electron chi connectivity index (χ0n) is 15.4. The number of primary amides is 1. The summed E-state index contributed by atoms with van der Waals surface area (Å²) in [6.07, 6.45) is 2.59. The molecule has 4 amide bonds. The van der Waals surface area contributed by atoms with Gasteiger partial charge >= 0.3 is 6.03 Å². The van der Waals surface area contributed by atoms with Crippen LogP contribution in [0.1, 0.15) is 25.7 Å². The summed E-state index contributed by atoms with van der Waals surface area (Å²) in [6.45, 7) is 3.54. The van der Waals surface area contributed by atoms with Gasteiger partial charge in [-0.1, -0.05) is 0 Å². The number of rotatable bonds is 4. The maximum atomic E-state index is 12.6. The number of likely N-dealkylation sites (tertiary alicyclic amines) is 1. The molecule has 0 spiro atoms. The lowest BCUT2D eigenvalue weighted by Crippen LogP contribution is -2.56. The van der Waals surface area contributed by atoms with E-state index in [1.807, 2.05) is 11.9 Å². The van der Waals surface area contributed by atoms with Gasteiger partial charge in [-0.2, -0.15) is 0 Å². The van der Waals surface area contributed by atoms with Crippen molar-refractivity contribution in [2.75, 3.05) is 46.3 Å². The van der Waals surface area contributed by atoms with Gasteiger partial charge in [0.25, 0.3) is 0 Å². The highest BCUT2D eigenvalue weighted by Crippen LogP contribution is 2.19. The number of carbonyl (C=O) groups is 3. The molecule has 146 valence electrons. The molecule has 9 heteroatoms. The van der Waals surface area contributed by atoms with Gasteiger partial charge in [-0.15, -0.1) is 0 Å². The van der Waals surface area contributed by atoms with Crippen molar-refractivity contribution in [3.05, 3.63) is 0 Å². The van der Waals surface area contributed by atoms with Crippen LogP contribution in [0.4, 0.5) is 4.79 Å².